The van der Waals surface area contributed by atoms with E-state index >= 15 is 0 Å². The van der Waals surface area contributed by atoms with Crippen molar-refractivity contribution in [3.63, 3.8) is 0 Å². The van der Waals surface area contributed by atoms with Crippen LogP contribution < -0.4 is 0 Å². The van der Waals surface area contributed by atoms with E-state index in [0.717, 1.165) is 11.1 Å². The highest BCUT2D eigenvalue weighted by atomic mass is 32.2. The lowest BCUT2D eigenvalue weighted by Crippen LogP contribution is -2.09. The number of carbonyl (C=O) groups excluding carboxylic acids is 1. The number of Topliss-reactive ketones (excluding diaryl/α,β-unsaturated/α-hetero) is 1. The van der Waals surface area contributed by atoms with Crippen LogP contribution >= 0.6 is 0 Å². The minimum absolute atomic E-state index is 0.110. The zero-order chi connectivity index (χ0) is 13.8. The van der Waals surface area contributed by atoms with E-state index in [4.69, 9.17) is 0 Å². The average Bonchev–Trinajstić information content (AvgIpc) is 2.23. The molecule has 18 heavy (non-hydrogen) atoms. The van der Waals surface area contributed by atoms with Crippen molar-refractivity contribution < 1.29 is 13.2 Å². The van der Waals surface area contributed by atoms with E-state index in [0.29, 0.717) is 24.2 Å². The van der Waals surface area contributed by atoms with E-state index in [9.17, 15) is 13.2 Å². The summed E-state index contributed by atoms with van der Waals surface area (Å²) in [6.07, 6.45) is 1.64. The molecule has 0 N–H and O–H groups in total. The topological polar surface area (TPSA) is 51.2 Å². The van der Waals surface area contributed by atoms with E-state index in [1.54, 1.807) is 6.07 Å². The first kappa shape index (κ1) is 14.9. The molecular formula is C14H20O3S. The maximum absolute atomic E-state index is 12.1. The Morgan fingerprint density at radius 2 is 1.83 bits per heavy atom. The van der Waals surface area contributed by atoms with Gasteiger partial charge in [-0.2, -0.15) is 0 Å². The first-order valence-electron chi connectivity index (χ1n) is 6.12. The van der Waals surface area contributed by atoms with Gasteiger partial charge in [0.25, 0.3) is 0 Å². The molecule has 0 radical (unpaired) electrons. The van der Waals surface area contributed by atoms with Crippen molar-refractivity contribution in [3.8, 4) is 0 Å². The number of ketones is 1. The Balaban J connectivity index is 2.71. The van der Waals surface area contributed by atoms with Gasteiger partial charge in [-0.3, -0.25) is 0 Å². The Hall–Kier alpha value is -1.16. The van der Waals surface area contributed by atoms with E-state index in [2.05, 4.69) is 0 Å². The second kappa shape index (κ2) is 6.14. The van der Waals surface area contributed by atoms with Gasteiger partial charge < -0.3 is 4.79 Å². The molecule has 3 nitrogen and oxygen atoms in total. The summed E-state index contributed by atoms with van der Waals surface area (Å²) in [5, 5.41) is 0. The van der Waals surface area contributed by atoms with Crippen LogP contribution in [-0.2, 0) is 14.6 Å². The highest BCUT2D eigenvalue weighted by Crippen LogP contribution is 2.19. The minimum Gasteiger partial charge on any atom is -0.300 e. The molecule has 4 heteroatoms. The quantitative estimate of drug-likeness (QED) is 0.745. The summed E-state index contributed by atoms with van der Waals surface area (Å²) in [6, 6.07) is 5.36. The van der Waals surface area contributed by atoms with Crippen LogP contribution in [-0.4, -0.2) is 20.0 Å². The van der Waals surface area contributed by atoms with Crippen LogP contribution in [0.4, 0.5) is 0 Å². The molecule has 0 heterocycles. The largest absolute Gasteiger partial charge is 0.300 e. The predicted molar refractivity (Wildman–Crippen MR) is 72.5 cm³/mol. The molecule has 0 aliphatic carbocycles. The Kier molecular flexibility index (Phi) is 5.08. The third-order valence-electron chi connectivity index (χ3n) is 2.86. The number of sulfone groups is 1. The van der Waals surface area contributed by atoms with Crippen LogP contribution in [0.3, 0.4) is 0 Å². The number of unbranched alkanes of at least 4 members (excludes halogenated alkanes) is 1. The van der Waals surface area contributed by atoms with Gasteiger partial charge in [0, 0.05) is 6.42 Å². The van der Waals surface area contributed by atoms with Gasteiger partial charge in [-0.05, 0) is 45.2 Å². The highest BCUT2D eigenvalue weighted by molar-refractivity contribution is 7.91. The van der Waals surface area contributed by atoms with Gasteiger partial charge in [0.15, 0.2) is 9.84 Å². The van der Waals surface area contributed by atoms with Crippen molar-refractivity contribution in [2.45, 2.75) is 44.9 Å². The summed E-state index contributed by atoms with van der Waals surface area (Å²) >= 11 is 0. The SMILES string of the molecule is CC(=O)CCCCS(=O)(=O)c1ccc(C)cc1C. The van der Waals surface area contributed by atoms with Crippen LogP contribution in [0.25, 0.3) is 0 Å². The molecule has 1 aromatic carbocycles. The van der Waals surface area contributed by atoms with Crippen molar-refractivity contribution in [3.05, 3.63) is 29.3 Å². The van der Waals surface area contributed by atoms with Crippen molar-refractivity contribution in [1.29, 1.82) is 0 Å². The van der Waals surface area contributed by atoms with Crippen molar-refractivity contribution in [1.82, 2.24) is 0 Å². The molecular weight excluding hydrogens is 248 g/mol. The molecule has 100 valence electrons. The normalized spacial score (nSPS) is 11.5. The standard InChI is InChI=1S/C14H20O3S/c1-11-7-8-14(12(2)10-11)18(16,17)9-5-4-6-13(3)15/h7-8,10H,4-6,9H2,1-3H3. The third kappa shape index (κ3) is 4.26. The predicted octanol–water partition coefficient (Wildman–Crippen LogP) is 2.84. The van der Waals surface area contributed by atoms with Crippen LogP contribution in [0.5, 0.6) is 0 Å². The third-order valence-corrected chi connectivity index (χ3v) is 4.81. The number of rotatable bonds is 6. The minimum atomic E-state index is -3.22. The van der Waals surface area contributed by atoms with Crippen LogP contribution in [0, 0.1) is 13.8 Å². The zero-order valence-electron chi connectivity index (χ0n) is 11.2. The number of hydrogen-bond acceptors (Lipinski definition) is 3. The van der Waals surface area contributed by atoms with E-state index in [1.165, 1.54) is 6.92 Å². The second-order valence-corrected chi connectivity index (χ2v) is 6.82. The van der Waals surface area contributed by atoms with Crippen LogP contribution in [0.2, 0.25) is 0 Å². The fraction of sp³-hybridized carbons (Fsp3) is 0.500. The summed E-state index contributed by atoms with van der Waals surface area (Å²) in [5.41, 5.74) is 1.85. The lowest BCUT2D eigenvalue weighted by Gasteiger charge is -2.08. The average molecular weight is 268 g/mol. The lowest BCUT2D eigenvalue weighted by molar-refractivity contribution is -0.117. The number of hydrogen-bond donors (Lipinski definition) is 0. The molecule has 0 saturated carbocycles. The van der Waals surface area contributed by atoms with Crippen molar-refractivity contribution in [2.24, 2.45) is 0 Å². The van der Waals surface area contributed by atoms with Gasteiger partial charge >= 0.3 is 0 Å². The van der Waals surface area contributed by atoms with E-state index < -0.39 is 9.84 Å². The summed E-state index contributed by atoms with van der Waals surface area (Å²) in [7, 11) is -3.22. The van der Waals surface area contributed by atoms with Gasteiger partial charge in [0.1, 0.15) is 5.78 Å². The molecule has 0 aromatic heterocycles. The highest BCUT2D eigenvalue weighted by Gasteiger charge is 2.16. The second-order valence-electron chi connectivity index (χ2n) is 4.75. The molecule has 1 aromatic rings. The van der Waals surface area contributed by atoms with E-state index in [-0.39, 0.29) is 11.5 Å². The van der Waals surface area contributed by atoms with Crippen LogP contribution in [0.1, 0.15) is 37.3 Å². The summed E-state index contributed by atoms with van der Waals surface area (Å²) in [6.45, 7) is 5.28. The molecule has 0 fully saturated rings. The molecule has 0 atom stereocenters. The van der Waals surface area contributed by atoms with Gasteiger partial charge in [-0.25, -0.2) is 8.42 Å². The Morgan fingerprint density at radius 1 is 1.17 bits per heavy atom. The van der Waals surface area contributed by atoms with Gasteiger partial charge in [-0.15, -0.1) is 0 Å². The molecule has 1 rings (SSSR count). The summed E-state index contributed by atoms with van der Waals surface area (Å²) < 4.78 is 24.2. The van der Waals surface area contributed by atoms with Crippen LogP contribution in [0.15, 0.2) is 23.1 Å². The Labute approximate surface area is 109 Å². The van der Waals surface area contributed by atoms with Crippen molar-refractivity contribution in [2.75, 3.05) is 5.75 Å². The molecule has 0 saturated heterocycles. The molecule has 0 spiro atoms. The first-order valence-corrected chi connectivity index (χ1v) is 7.77. The van der Waals surface area contributed by atoms with E-state index in [1.807, 2.05) is 26.0 Å². The maximum atomic E-state index is 12.1. The number of benzene rings is 1. The van der Waals surface area contributed by atoms with Gasteiger partial charge in [0.2, 0.25) is 0 Å². The molecule has 0 aliphatic heterocycles. The summed E-state index contributed by atoms with van der Waals surface area (Å²) in [5.74, 6) is 0.225. The number of aryl methyl sites for hydroxylation is 2. The van der Waals surface area contributed by atoms with Gasteiger partial charge in [0.05, 0.1) is 10.6 Å². The fourth-order valence-corrected chi connectivity index (χ4v) is 3.55. The molecule has 0 unspecified atom stereocenters. The smallest absolute Gasteiger partial charge is 0.178 e. The number of carbonyl (C=O) groups is 1. The first-order chi connectivity index (χ1) is 8.33. The molecule has 0 bridgehead atoms. The summed E-state index contributed by atoms with van der Waals surface area (Å²) in [4.78, 5) is 11.2. The maximum Gasteiger partial charge on any atom is 0.178 e. The molecule has 0 amide bonds. The Morgan fingerprint density at radius 3 is 2.39 bits per heavy atom. The zero-order valence-corrected chi connectivity index (χ0v) is 12.0. The van der Waals surface area contributed by atoms with Crippen molar-refractivity contribution >= 4 is 15.6 Å². The Bertz CT molecular complexity index is 530. The fourth-order valence-electron chi connectivity index (χ4n) is 1.92. The molecule has 0 aliphatic rings. The lowest BCUT2D eigenvalue weighted by atomic mass is 10.2. The monoisotopic (exact) mass is 268 g/mol. The van der Waals surface area contributed by atoms with Gasteiger partial charge in [-0.1, -0.05) is 17.7 Å².